The van der Waals surface area contributed by atoms with Crippen molar-refractivity contribution < 1.29 is 18.0 Å². The fourth-order valence-electron chi connectivity index (χ4n) is 5.51. The molecule has 5 aromatic rings. The number of amides is 1. The van der Waals surface area contributed by atoms with Crippen LogP contribution in [0.2, 0.25) is 0 Å². The third-order valence-electron chi connectivity index (χ3n) is 7.40. The lowest BCUT2D eigenvalue weighted by Gasteiger charge is -2.34. The first-order chi connectivity index (χ1) is 19.7. The number of halogens is 3. The van der Waals surface area contributed by atoms with Crippen molar-refractivity contribution in [3.8, 4) is 6.07 Å². The van der Waals surface area contributed by atoms with Gasteiger partial charge in [-0.05, 0) is 49.6 Å². The van der Waals surface area contributed by atoms with Gasteiger partial charge in [0.25, 0.3) is 5.91 Å². The summed E-state index contributed by atoms with van der Waals surface area (Å²) in [6.07, 6.45) is 1.12. The van der Waals surface area contributed by atoms with Gasteiger partial charge in [0, 0.05) is 52.2 Å². The molecule has 6 rings (SSSR count). The minimum absolute atomic E-state index is 0.176. The van der Waals surface area contributed by atoms with E-state index >= 15 is 0 Å². The average Bonchev–Trinajstić information content (AvgIpc) is 3.67. The number of carbonyl (C=O) groups is 1. The van der Waals surface area contributed by atoms with Crippen LogP contribution in [0.25, 0.3) is 21.1 Å². The topological polar surface area (TPSA) is 116 Å². The second-order valence-electron chi connectivity index (χ2n) is 10.2. The van der Waals surface area contributed by atoms with Crippen molar-refractivity contribution in [1.82, 2.24) is 30.0 Å². The number of fused-ring (bicyclic) bond motifs is 2. The molecule has 1 unspecified atom stereocenters. The predicted molar refractivity (Wildman–Crippen MR) is 149 cm³/mol. The van der Waals surface area contributed by atoms with Gasteiger partial charge in [0.15, 0.2) is 0 Å². The third kappa shape index (κ3) is 5.35. The second kappa shape index (κ2) is 10.5. The van der Waals surface area contributed by atoms with E-state index in [-0.39, 0.29) is 16.8 Å². The van der Waals surface area contributed by atoms with E-state index in [1.54, 1.807) is 24.5 Å². The number of anilines is 1. The van der Waals surface area contributed by atoms with Crippen molar-refractivity contribution in [3.63, 3.8) is 0 Å². The van der Waals surface area contributed by atoms with Crippen LogP contribution in [0, 0.1) is 18.3 Å². The van der Waals surface area contributed by atoms with Gasteiger partial charge in [-0.25, -0.2) is 9.97 Å². The summed E-state index contributed by atoms with van der Waals surface area (Å²) in [5.74, 6) is 0.368. The number of aromatic amines is 1. The van der Waals surface area contributed by atoms with Gasteiger partial charge < -0.3 is 14.8 Å². The summed E-state index contributed by atoms with van der Waals surface area (Å²) >= 11 is 1.02. The molecule has 13 heteroatoms. The van der Waals surface area contributed by atoms with Crippen LogP contribution in [0.4, 0.5) is 19.0 Å². The number of thiophene rings is 1. The van der Waals surface area contributed by atoms with E-state index in [1.807, 2.05) is 22.5 Å². The lowest BCUT2D eigenvalue weighted by Crippen LogP contribution is -2.48. The maximum absolute atomic E-state index is 13.4. The molecule has 0 aliphatic carbocycles. The highest BCUT2D eigenvalue weighted by molar-refractivity contribution is 7.18. The summed E-state index contributed by atoms with van der Waals surface area (Å²) in [5, 5.41) is 21.1. The number of alkyl halides is 3. The van der Waals surface area contributed by atoms with Crippen LogP contribution in [-0.4, -0.2) is 55.9 Å². The molecule has 5 heterocycles. The summed E-state index contributed by atoms with van der Waals surface area (Å²) in [6.45, 7) is 3.50. The number of nitrogens with one attached hydrogen (secondary N) is 2. The van der Waals surface area contributed by atoms with Gasteiger partial charge in [-0.1, -0.05) is 0 Å². The first kappa shape index (κ1) is 26.8. The van der Waals surface area contributed by atoms with Gasteiger partial charge in [-0.2, -0.15) is 23.5 Å². The van der Waals surface area contributed by atoms with Crippen molar-refractivity contribution in [2.45, 2.75) is 44.9 Å². The van der Waals surface area contributed by atoms with Crippen molar-refractivity contribution in [2.75, 3.05) is 18.0 Å². The summed E-state index contributed by atoms with van der Waals surface area (Å²) < 4.78 is 40.8. The van der Waals surface area contributed by atoms with E-state index < -0.39 is 12.6 Å². The van der Waals surface area contributed by atoms with Crippen LogP contribution >= 0.6 is 11.3 Å². The summed E-state index contributed by atoms with van der Waals surface area (Å²) in [5.41, 5.74) is 3.59. The van der Waals surface area contributed by atoms with Gasteiger partial charge >= 0.3 is 6.18 Å². The maximum atomic E-state index is 13.4. The molecule has 0 spiro atoms. The second-order valence-corrected chi connectivity index (χ2v) is 11.3. The highest BCUT2D eigenvalue weighted by atomic mass is 32.1. The van der Waals surface area contributed by atoms with Crippen molar-refractivity contribution in [2.24, 2.45) is 0 Å². The van der Waals surface area contributed by atoms with Crippen molar-refractivity contribution in [3.05, 3.63) is 70.2 Å². The number of carbonyl (C=O) groups excluding carboxylic acids is 1. The summed E-state index contributed by atoms with van der Waals surface area (Å²) in [6, 6.07) is 9.04. The summed E-state index contributed by atoms with van der Waals surface area (Å²) in [4.78, 5) is 24.7. The van der Waals surface area contributed by atoms with Crippen LogP contribution in [0.5, 0.6) is 0 Å². The Labute approximate surface area is 236 Å². The molecule has 1 fully saturated rings. The first-order valence-electron chi connectivity index (χ1n) is 13.1. The van der Waals surface area contributed by atoms with Gasteiger partial charge in [-0.15, -0.1) is 11.3 Å². The zero-order chi connectivity index (χ0) is 28.7. The average molecular weight is 579 g/mol. The number of nitriles is 1. The highest BCUT2D eigenvalue weighted by Gasteiger charge is 2.30. The number of hydrogen-bond acceptors (Lipinski definition) is 7. The number of nitrogens with zero attached hydrogens (tertiary/aromatic N) is 6. The molecule has 1 atom stereocenters. The molecule has 210 valence electrons. The lowest BCUT2D eigenvalue weighted by molar-refractivity contribution is -0.126. The fourth-order valence-corrected chi connectivity index (χ4v) is 6.53. The molecule has 0 bridgehead atoms. The van der Waals surface area contributed by atoms with E-state index in [1.165, 1.54) is 12.4 Å². The van der Waals surface area contributed by atoms with Gasteiger partial charge in [0.2, 0.25) is 0 Å². The molecule has 0 radical (unpaired) electrons. The van der Waals surface area contributed by atoms with E-state index in [9.17, 15) is 23.2 Å². The van der Waals surface area contributed by atoms with Crippen LogP contribution in [0.1, 0.15) is 44.9 Å². The largest absolute Gasteiger partial charge is 0.393 e. The number of H-pyrrole nitrogens is 1. The van der Waals surface area contributed by atoms with Gasteiger partial charge in [0.1, 0.15) is 28.7 Å². The normalized spacial score (nSPS) is 15.9. The van der Waals surface area contributed by atoms with Crippen LogP contribution < -0.4 is 10.2 Å². The molecule has 2 N–H and O–H groups in total. The number of aromatic nitrogens is 5. The molecule has 1 amide bonds. The number of aryl methyl sites for hydroxylation is 1. The monoisotopic (exact) mass is 578 g/mol. The molecule has 0 saturated carbocycles. The predicted octanol–water partition coefficient (Wildman–Crippen LogP) is 5.10. The molecular weight excluding hydrogens is 553 g/mol. The van der Waals surface area contributed by atoms with E-state index in [2.05, 4.69) is 31.6 Å². The zero-order valence-corrected chi connectivity index (χ0v) is 22.8. The summed E-state index contributed by atoms with van der Waals surface area (Å²) in [7, 11) is 0. The minimum Gasteiger partial charge on any atom is -0.354 e. The zero-order valence-electron chi connectivity index (χ0n) is 22.0. The van der Waals surface area contributed by atoms with Crippen LogP contribution in [0.15, 0.2) is 43.0 Å². The van der Waals surface area contributed by atoms with Crippen molar-refractivity contribution in [1.29, 1.82) is 5.26 Å². The van der Waals surface area contributed by atoms with E-state index in [4.69, 9.17) is 0 Å². The van der Waals surface area contributed by atoms with Crippen LogP contribution in [-0.2, 0) is 13.0 Å². The number of benzene rings is 1. The third-order valence-corrected chi connectivity index (χ3v) is 8.44. The molecule has 1 saturated heterocycles. The molecule has 41 heavy (non-hydrogen) atoms. The maximum Gasteiger partial charge on any atom is 0.393 e. The number of rotatable bonds is 6. The number of hydrogen-bond donors (Lipinski definition) is 2. The molecule has 4 aromatic heterocycles. The Hall–Kier alpha value is -4.44. The lowest BCUT2D eigenvalue weighted by atomic mass is 10.0. The Kier molecular flexibility index (Phi) is 6.86. The Bertz CT molecular complexity index is 1780. The quantitative estimate of drug-likeness (QED) is 0.290. The molecule has 1 aliphatic heterocycles. The molecule has 1 aromatic carbocycles. The Balaban J connectivity index is 1.21. The minimum atomic E-state index is -4.30. The molecule has 9 nitrogen and oxygen atoms in total. The van der Waals surface area contributed by atoms with E-state index in [0.29, 0.717) is 46.9 Å². The van der Waals surface area contributed by atoms with Gasteiger partial charge in [-0.3, -0.25) is 9.89 Å². The highest BCUT2D eigenvalue weighted by Crippen LogP contribution is 2.34. The standard InChI is InChI=1S/C28H25F3N8OS/c1-16-21(4-5-24-22(16)7-19(10-32)39(24)13-17-11-35-36-12-17)26(40)37-18-3-2-6-38(14-18)25-23-8-20(9-28(29,30)31)41-27(23)34-15-33-25/h4-5,7-8,11-12,15,18H,2-3,6,9,13-14H2,1H3,(H,35,36)(H,37,40). The SMILES string of the molecule is Cc1c(C(=O)NC2CCCN(c3ncnc4sc(CC(F)(F)F)cc34)C2)ccc2c1cc(C#N)n2Cc1cn[nH]c1. The van der Waals surface area contributed by atoms with Crippen molar-refractivity contribution >= 4 is 44.2 Å². The Morgan fingerprint density at radius 2 is 2.12 bits per heavy atom. The van der Waals surface area contributed by atoms with Gasteiger partial charge in [0.05, 0.1) is 24.5 Å². The molecule has 1 aliphatic rings. The smallest absolute Gasteiger partial charge is 0.354 e. The van der Waals surface area contributed by atoms with Crippen LogP contribution in [0.3, 0.4) is 0 Å². The Morgan fingerprint density at radius 3 is 2.88 bits per heavy atom. The Morgan fingerprint density at radius 1 is 1.27 bits per heavy atom. The molecular formula is C28H25F3N8OS. The first-order valence-corrected chi connectivity index (χ1v) is 13.9. The fraction of sp³-hybridized carbons (Fsp3) is 0.321. The van der Waals surface area contributed by atoms with E-state index in [0.717, 1.165) is 46.2 Å². The number of piperidine rings is 1.